The number of rotatable bonds is 2. The molecule has 0 aliphatic rings. The van der Waals surface area contributed by atoms with Crippen LogP contribution >= 0.6 is 11.3 Å². The van der Waals surface area contributed by atoms with Crippen LogP contribution in [0, 0.1) is 0 Å². The number of hydrogen-bond acceptors (Lipinski definition) is 5. The Morgan fingerprint density at radius 3 is 3.10 bits per heavy atom. The van der Waals surface area contributed by atoms with E-state index in [0.717, 1.165) is 0 Å². The third-order valence-electron chi connectivity index (χ3n) is 0.874. The van der Waals surface area contributed by atoms with E-state index in [-0.39, 0.29) is 0 Å². The number of carbonyl (C=O) groups is 1. The molecule has 0 bridgehead atoms. The van der Waals surface area contributed by atoms with Gasteiger partial charge in [-0.15, -0.1) is 11.3 Å². The molecule has 4 nitrogen and oxygen atoms in total. The van der Waals surface area contributed by atoms with Crippen LogP contribution in [-0.2, 0) is 4.84 Å². The standard InChI is InChI=1S/C5H6N2O2S/c6-7-9-5(8)4-2-1-3-10-4/h1-3,7H,6H2. The Morgan fingerprint density at radius 2 is 2.60 bits per heavy atom. The van der Waals surface area contributed by atoms with Crippen molar-refractivity contribution < 1.29 is 9.63 Å². The fourth-order valence-corrected chi connectivity index (χ4v) is 1.10. The van der Waals surface area contributed by atoms with E-state index in [0.29, 0.717) is 4.88 Å². The van der Waals surface area contributed by atoms with Gasteiger partial charge in [0.25, 0.3) is 0 Å². The summed E-state index contributed by atoms with van der Waals surface area (Å²) in [5, 5.41) is 1.78. The largest absolute Gasteiger partial charge is 0.368 e. The molecule has 10 heavy (non-hydrogen) atoms. The number of nitrogens with one attached hydrogen (secondary N) is 1. The Kier molecular flexibility index (Phi) is 2.38. The summed E-state index contributed by atoms with van der Waals surface area (Å²) in [6.45, 7) is 0. The highest BCUT2D eigenvalue weighted by Crippen LogP contribution is 2.08. The van der Waals surface area contributed by atoms with Crippen molar-refractivity contribution in [2.75, 3.05) is 0 Å². The Hall–Kier alpha value is -0.910. The Labute approximate surface area is 61.5 Å². The van der Waals surface area contributed by atoms with Gasteiger partial charge in [-0.2, -0.15) is 0 Å². The van der Waals surface area contributed by atoms with E-state index >= 15 is 0 Å². The lowest BCUT2D eigenvalue weighted by Gasteiger charge is -1.95. The van der Waals surface area contributed by atoms with Crippen molar-refractivity contribution in [2.24, 2.45) is 5.84 Å². The molecule has 0 saturated carbocycles. The second-order valence-corrected chi connectivity index (χ2v) is 2.43. The van der Waals surface area contributed by atoms with Crippen LogP contribution in [-0.4, -0.2) is 5.97 Å². The molecule has 1 aromatic rings. The van der Waals surface area contributed by atoms with E-state index in [1.807, 2.05) is 5.59 Å². The summed E-state index contributed by atoms with van der Waals surface area (Å²) in [6, 6.07) is 3.42. The van der Waals surface area contributed by atoms with Crippen LogP contribution in [0.5, 0.6) is 0 Å². The fourth-order valence-electron chi connectivity index (χ4n) is 0.499. The van der Waals surface area contributed by atoms with Crippen molar-refractivity contribution in [1.82, 2.24) is 5.59 Å². The van der Waals surface area contributed by atoms with Crippen LogP contribution in [0.3, 0.4) is 0 Å². The highest BCUT2D eigenvalue weighted by molar-refractivity contribution is 7.11. The van der Waals surface area contributed by atoms with E-state index in [4.69, 9.17) is 5.84 Å². The summed E-state index contributed by atoms with van der Waals surface area (Å²) >= 11 is 1.30. The first-order valence-corrected chi connectivity index (χ1v) is 3.43. The Bertz CT molecular complexity index is 209. The SMILES string of the molecule is NNOC(=O)c1cccs1. The van der Waals surface area contributed by atoms with Gasteiger partial charge in [-0.25, -0.2) is 10.6 Å². The first kappa shape index (κ1) is 7.20. The molecule has 0 atom stereocenters. The van der Waals surface area contributed by atoms with E-state index in [2.05, 4.69) is 4.84 Å². The fraction of sp³-hybridized carbons (Fsp3) is 0. The maximum absolute atomic E-state index is 10.8. The first-order valence-electron chi connectivity index (χ1n) is 2.55. The maximum Gasteiger partial charge on any atom is 0.368 e. The average Bonchev–Trinajstić information content (AvgIpc) is 2.38. The van der Waals surface area contributed by atoms with Crippen molar-refractivity contribution in [3.05, 3.63) is 22.4 Å². The maximum atomic E-state index is 10.8. The molecule has 1 rings (SSSR count). The van der Waals surface area contributed by atoms with Crippen molar-refractivity contribution in [2.45, 2.75) is 0 Å². The molecule has 0 aromatic carbocycles. The Morgan fingerprint density at radius 1 is 1.80 bits per heavy atom. The van der Waals surface area contributed by atoms with Crippen LogP contribution in [0.25, 0.3) is 0 Å². The summed E-state index contributed by atoms with van der Waals surface area (Å²) in [4.78, 5) is 15.6. The molecular formula is C5H6N2O2S. The summed E-state index contributed by atoms with van der Waals surface area (Å²) < 4.78 is 0. The van der Waals surface area contributed by atoms with Crippen molar-refractivity contribution in [1.29, 1.82) is 0 Å². The predicted octanol–water partition coefficient (Wildman–Crippen LogP) is 0.283. The lowest BCUT2D eigenvalue weighted by molar-refractivity contribution is 0.0260. The van der Waals surface area contributed by atoms with Gasteiger partial charge in [0.2, 0.25) is 0 Å². The van der Waals surface area contributed by atoms with Gasteiger partial charge < -0.3 is 4.84 Å². The molecule has 3 N–H and O–H groups in total. The summed E-state index contributed by atoms with van der Waals surface area (Å²) in [6.07, 6.45) is 0. The second-order valence-electron chi connectivity index (χ2n) is 1.48. The van der Waals surface area contributed by atoms with Crippen LogP contribution < -0.4 is 11.4 Å². The monoisotopic (exact) mass is 158 g/mol. The highest BCUT2D eigenvalue weighted by Gasteiger charge is 2.05. The number of hydrazine groups is 1. The second kappa shape index (κ2) is 3.31. The summed E-state index contributed by atoms with van der Waals surface area (Å²) in [5.74, 6) is 4.29. The molecule has 0 amide bonds. The van der Waals surface area contributed by atoms with E-state index < -0.39 is 5.97 Å². The molecule has 0 saturated heterocycles. The molecule has 0 spiro atoms. The Balaban J connectivity index is 2.59. The smallest absolute Gasteiger partial charge is 0.351 e. The number of thiophene rings is 1. The minimum absolute atomic E-state index is 0.461. The molecule has 5 heteroatoms. The van der Waals surface area contributed by atoms with Crippen LogP contribution in [0.2, 0.25) is 0 Å². The summed E-state index contributed by atoms with van der Waals surface area (Å²) in [7, 11) is 0. The zero-order valence-electron chi connectivity index (χ0n) is 5.03. The van der Waals surface area contributed by atoms with Crippen molar-refractivity contribution in [3.8, 4) is 0 Å². The zero-order valence-corrected chi connectivity index (χ0v) is 5.85. The third-order valence-corrected chi connectivity index (χ3v) is 1.72. The summed E-state index contributed by atoms with van der Waals surface area (Å²) in [5.41, 5.74) is 1.81. The van der Waals surface area contributed by atoms with Crippen LogP contribution in [0.15, 0.2) is 17.5 Å². The topological polar surface area (TPSA) is 64.3 Å². The molecule has 1 heterocycles. The van der Waals surface area contributed by atoms with Crippen molar-refractivity contribution >= 4 is 17.3 Å². The van der Waals surface area contributed by atoms with Crippen LogP contribution in [0.1, 0.15) is 9.67 Å². The number of nitrogens with two attached hydrogens (primary N) is 1. The average molecular weight is 158 g/mol. The molecule has 0 unspecified atom stereocenters. The molecule has 0 aliphatic heterocycles. The predicted molar refractivity (Wildman–Crippen MR) is 37.1 cm³/mol. The van der Waals surface area contributed by atoms with Gasteiger partial charge in [0.1, 0.15) is 4.88 Å². The third kappa shape index (κ3) is 1.53. The number of carbonyl (C=O) groups excluding carboxylic acids is 1. The molecule has 0 fully saturated rings. The van der Waals surface area contributed by atoms with Gasteiger partial charge in [-0.1, -0.05) is 11.7 Å². The number of hydrogen-bond donors (Lipinski definition) is 2. The first-order chi connectivity index (χ1) is 4.84. The molecule has 0 aliphatic carbocycles. The molecule has 1 aromatic heterocycles. The van der Waals surface area contributed by atoms with E-state index in [1.54, 1.807) is 17.5 Å². The highest BCUT2D eigenvalue weighted by atomic mass is 32.1. The molecular weight excluding hydrogens is 152 g/mol. The van der Waals surface area contributed by atoms with Gasteiger partial charge in [0.05, 0.1) is 0 Å². The van der Waals surface area contributed by atoms with Crippen LogP contribution in [0.4, 0.5) is 0 Å². The van der Waals surface area contributed by atoms with Gasteiger partial charge in [-0.3, -0.25) is 0 Å². The van der Waals surface area contributed by atoms with Gasteiger partial charge >= 0.3 is 5.97 Å². The molecule has 54 valence electrons. The quantitative estimate of drug-likeness (QED) is 0.479. The minimum Gasteiger partial charge on any atom is -0.351 e. The van der Waals surface area contributed by atoms with Gasteiger partial charge in [0.15, 0.2) is 0 Å². The minimum atomic E-state index is -0.461. The normalized spacial score (nSPS) is 9.30. The van der Waals surface area contributed by atoms with Crippen molar-refractivity contribution in [3.63, 3.8) is 0 Å². The zero-order chi connectivity index (χ0) is 7.40. The van der Waals surface area contributed by atoms with E-state index in [1.165, 1.54) is 11.3 Å². The lowest BCUT2D eigenvalue weighted by Crippen LogP contribution is -2.25. The van der Waals surface area contributed by atoms with Gasteiger partial charge in [-0.05, 0) is 11.4 Å². The molecule has 0 radical (unpaired) electrons. The van der Waals surface area contributed by atoms with Gasteiger partial charge in [0, 0.05) is 0 Å². The van der Waals surface area contributed by atoms with E-state index in [9.17, 15) is 4.79 Å². The lowest BCUT2D eigenvalue weighted by atomic mass is 10.5.